The molecule has 74 valence electrons. The largest absolute Gasteiger partial charge is 0.424 e. The van der Waals surface area contributed by atoms with Crippen molar-refractivity contribution in [2.75, 3.05) is 0 Å². The molecule has 3 nitrogen and oxygen atoms in total. The van der Waals surface area contributed by atoms with Crippen LogP contribution in [0.3, 0.4) is 0 Å². The molecule has 0 saturated heterocycles. The van der Waals surface area contributed by atoms with E-state index < -0.39 is 6.72 Å². The maximum Gasteiger partial charge on any atom is 0.375 e. The Balaban J connectivity index is 0.00000144. The van der Waals surface area contributed by atoms with Crippen LogP contribution < -0.4 is 4.52 Å². The van der Waals surface area contributed by atoms with Crippen LogP contribution in [0, 0.1) is 6.92 Å². The van der Waals surface area contributed by atoms with Crippen LogP contribution in [-0.4, -0.2) is 9.79 Å². The summed E-state index contributed by atoms with van der Waals surface area (Å²) in [5.41, 5.74) is 0.982. The van der Waals surface area contributed by atoms with E-state index in [2.05, 4.69) is 11.8 Å². The predicted octanol–water partition coefficient (Wildman–Crippen LogP) is 1.70. The van der Waals surface area contributed by atoms with Gasteiger partial charge in [-0.2, -0.15) is 13.5 Å². The zero-order valence-corrected chi connectivity index (χ0v) is 9.68. The highest BCUT2D eigenvalue weighted by molar-refractivity contribution is 8.06. The predicted molar refractivity (Wildman–Crippen MR) is 60.9 cm³/mol. The highest BCUT2D eigenvalue weighted by Crippen LogP contribution is 2.37. The van der Waals surface area contributed by atoms with Crippen molar-refractivity contribution in [3.8, 4) is 5.75 Å². The third kappa shape index (κ3) is 5.29. The first-order valence-electron chi connectivity index (χ1n) is 3.29. The standard InChI is InChI=1S/C7H9O3PS.H2S/c1-6-3-2-4-7(5-6)10-11(8,9)12;/h2-5H,1H3,(H2,8,9,12);1H2. The van der Waals surface area contributed by atoms with Crippen LogP contribution in [-0.2, 0) is 11.8 Å². The lowest BCUT2D eigenvalue weighted by Gasteiger charge is -2.09. The van der Waals surface area contributed by atoms with Gasteiger partial charge in [-0.3, -0.25) is 0 Å². The normalized spacial score (nSPS) is 10.4. The molecule has 13 heavy (non-hydrogen) atoms. The number of hydrogen-bond donors (Lipinski definition) is 2. The summed E-state index contributed by atoms with van der Waals surface area (Å²) in [5.74, 6) is 0.392. The molecule has 1 aromatic carbocycles. The molecule has 0 atom stereocenters. The second-order valence-electron chi connectivity index (χ2n) is 2.40. The van der Waals surface area contributed by atoms with E-state index >= 15 is 0 Å². The molecule has 0 aliphatic heterocycles. The lowest BCUT2D eigenvalue weighted by molar-refractivity contribution is 0.370. The van der Waals surface area contributed by atoms with E-state index in [1.807, 2.05) is 13.0 Å². The maximum atomic E-state index is 8.82. The van der Waals surface area contributed by atoms with Gasteiger partial charge >= 0.3 is 6.72 Å². The minimum atomic E-state index is -3.57. The maximum absolute atomic E-state index is 8.82. The molecule has 0 saturated carbocycles. The van der Waals surface area contributed by atoms with Gasteiger partial charge in [-0.1, -0.05) is 12.1 Å². The number of benzene rings is 1. The van der Waals surface area contributed by atoms with Gasteiger partial charge in [-0.05, 0) is 24.6 Å². The fourth-order valence-electron chi connectivity index (χ4n) is 0.809. The first kappa shape index (κ1) is 12.9. The Morgan fingerprint density at radius 2 is 2.00 bits per heavy atom. The van der Waals surface area contributed by atoms with Gasteiger partial charge in [0.25, 0.3) is 0 Å². The van der Waals surface area contributed by atoms with Gasteiger partial charge in [-0.25, -0.2) is 0 Å². The van der Waals surface area contributed by atoms with Crippen LogP contribution >= 0.6 is 20.2 Å². The zero-order valence-electron chi connectivity index (χ0n) is 6.97. The molecular weight excluding hydrogens is 227 g/mol. The highest BCUT2D eigenvalue weighted by Gasteiger charge is 2.09. The van der Waals surface area contributed by atoms with E-state index in [9.17, 15) is 0 Å². The van der Waals surface area contributed by atoms with Gasteiger partial charge in [0, 0.05) is 11.8 Å². The Labute approximate surface area is 89.1 Å². The monoisotopic (exact) mass is 238 g/mol. The molecule has 0 aliphatic rings. The van der Waals surface area contributed by atoms with Gasteiger partial charge in [0.05, 0.1) is 0 Å². The molecule has 0 aliphatic carbocycles. The number of aryl methyl sites for hydroxylation is 1. The Hall–Kier alpha value is -0.0600. The average molecular weight is 238 g/mol. The molecule has 0 unspecified atom stereocenters. The van der Waals surface area contributed by atoms with Crippen molar-refractivity contribution < 1.29 is 14.3 Å². The van der Waals surface area contributed by atoms with Crippen LogP contribution in [0.5, 0.6) is 5.75 Å². The van der Waals surface area contributed by atoms with Crippen molar-refractivity contribution in [3.63, 3.8) is 0 Å². The molecule has 2 N–H and O–H groups in total. The Kier molecular flexibility index (Phi) is 4.96. The Morgan fingerprint density at radius 3 is 2.46 bits per heavy atom. The minimum Gasteiger partial charge on any atom is -0.424 e. The molecule has 6 heteroatoms. The van der Waals surface area contributed by atoms with Crippen molar-refractivity contribution in [1.29, 1.82) is 0 Å². The molecule has 0 aromatic heterocycles. The molecule has 1 rings (SSSR count). The van der Waals surface area contributed by atoms with Crippen LogP contribution in [0.2, 0.25) is 0 Å². The van der Waals surface area contributed by atoms with Crippen LogP contribution in [0.25, 0.3) is 0 Å². The first-order chi connectivity index (χ1) is 5.47. The lowest BCUT2D eigenvalue weighted by Crippen LogP contribution is -1.89. The summed E-state index contributed by atoms with van der Waals surface area (Å²) in [6.45, 7) is -1.69. The molecular formula is C7H11O3PS2. The fourth-order valence-corrected chi connectivity index (χ4v) is 1.46. The lowest BCUT2D eigenvalue weighted by atomic mass is 10.2. The van der Waals surface area contributed by atoms with Gasteiger partial charge in [-0.15, -0.1) is 0 Å². The molecule has 0 amide bonds. The van der Waals surface area contributed by atoms with Crippen LogP contribution in [0.1, 0.15) is 5.56 Å². The van der Waals surface area contributed by atoms with E-state index in [1.165, 1.54) is 0 Å². The third-order valence-electron chi connectivity index (χ3n) is 1.21. The van der Waals surface area contributed by atoms with E-state index in [0.29, 0.717) is 5.75 Å². The van der Waals surface area contributed by atoms with Crippen molar-refractivity contribution in [2.45, 2.75) is 6.92 Å². The van der Waals surface area contributed by atoms with Crippen molar-refractivity contribution >= 4 is 32.0 Å². The third-order valence-corrected chi connectivity index (χ3v) is 1.89. The number of rotatable bonds is 2. The summed E-state index contributed by atoms with van der Waals surface area (Å²) >= 11 is 4.31. The van der Waals surface area contributed by atoms with Gasteiger partial charge in [0.2, 0.25) is 0 Å². The summed E-state index contributed by atoms with van der Waals surface area (Å²) in [6.07, 6.45) is 0. The summed E-state index contributed by atoms with van der Waals surface area (Å²) in [4.78, 5) is 17.6. The van der Waals surface area contributed by atoms with Gasteiger partial charge in [0.1, 0.15) is 5.75 Å². The smallest absolute Gasteiger partial charge is 0.375 e. The van der Waals surface area contributed by atoms with Crippen molar-refractivity contribution in [1.82, 2.24) is 0 Å². The van der Waals surface area contributed by atoms with Crippen molar-refractivity contribution in [3.05, 3.63) is 29.8 Å². The van der Waals surface area contributed by atoms with Crippen LogP contribution in [0.15, 0.2) is 24.3 Å². The molecule has 0 fully saturated rings. The SMILES string of the molecule is Cc1cccc(OP(O)(O)=S)c1.S. The molecule has 0 spiro atoms. The van der Waals surface area contributed by atoms with E-state index in [0.717, 1.165) is 5.56 Å². The molecule has 0 bridgehead atoms. The Bertz CT molecular complexity index is 323. The van der Waals surface area contributed by atoms with E-state index in [-0.39, 0.29) is 13.5 Å². The number of hydrogen-bond acceptors (Lipinski definition) is 2. The molecule has 1 aromatic rings. The van der Waals surface area contributed by atoms with Gasteiger partial charge < -0.3 is 14.3 Å². The van der Waals surface area contributed by atoms with Crippen molar-refractivity contribution in [2.24, 2.45) is 0 Å². The summed E-state index contributed by atoms with van der Waals surface area (Å²) < 4.78 is 4.72. The van der Waals surface area contributed by atoms with E-state index in [1.54, 1.807) is 18.2 Å². The minimum absolute atomic E-state index is 0. The average Bonchev–Trinajstić information content (AvgIpc) is 1.82. The summed E-state index contributed by atoms with van der Waals surface area (Å²) in [7, 11) is 0. The molecule has 0 radical (unpaired) electrons. The summed E-state index contributed by atoms with van der Waals surface area (Å²) in [5, 5.41) is 0. The molecule has 0 heterocycles. The first-order valence-corrected chi connectivity index (χ1v) is 5.92. The quantitative estimate of drug-likeness (QED) is 0.770. The van der Waals surface area contributed by atoms with Gasteiger partial charge in [0.15, 0.2) is 0 Å². The highest BCUT2D eigenvalue weighted by atomic mass is 32.5. The van der Waals surface area contributed by atoms with E-state index in [4.69, 9.17) is 14.3 Å². The Morgan fingerprint density at radius 1 is 1.38 bits per heavy atom. The zero-order chi connectivity index (χ0) is 9.19. The second kappa shape index (κ2) is 4.98. The summed E-state index contributed by atoms with van der Waals surface area (Å²) in [6, 6.07) is 6.95. The second-order valence-corrected chi connectivity index (χ2v) is 4.99. The topological polar surface area (TPSA) is 49.7 Å². The fraction of sp³-hybridized carbons (Fsp3) is 0.143. The van der Waals surface area contributed by atoms with Crippen LogP contribution in [0.4, 0.5) is 0 Å².